The Morgan fingerprint density at radius 2 is 1.68 bits per heavy atom. The minimum absolute atomic E-state index is 0.177. The molecule has 4 rings (SSSR count). The Kier molecular flexibility index (Phi) is 2.12. The van der Waals surface area contributed by atoms with Gasteiger partial charge in [-0.1, -0.05) is 36.4 Å². The lowest BCUT2D eigenvalue weighted by atomic mass is 9.96. The molecule has 19 heavy (non-hydrogen) atoms. The highest BCUT2D eigenvalue weighted by molar-refractivity contribution is 6.13. The summed E-state index contributed by atoms with van der Waals surface area (Å²) in [7, 11) is 0. The fraction of sp³-hybridized carbons (Fsp3) is 0.118. The van der Waals surface area contributed by atoms with E-state index in [1.807, 2.05) is 24.3 Å². The number of rotatable bonds is 0. The highest BCUT2D eigenvalue weighted by atomic mass is 16.5. The van der Waals surface area contributed by atoms with Crippen LogP contribution in [0.3, 0.4) is 0 Å². The molecule has 0 aliphatic carbocycles. The van der Waals surface area contributed by atoms with E-state index in [1.165, 1.54) is 10.8 Å². The Labute approximate surface area is 110 Å². The third kappa shape index (κ3) is 1.46. The van der Waals surface area contributed by atoms with Crippen LogP contribution in [0.25, 0.3) is 21.5 Å². The fourth-order valence-corrected chi connectivity index (χ4v) is 2.82. The zero-order chi connectivity index (χ0) is 12.8. The molecular formula is C17H12O2. The first kappa shape index (κ1) is 10.6. The third-order valence-corrected chi connectivity index (χ3v) is 3.75. The van der Waals surface area contributed by atoms with Crippen LogP contribution in [-0.2, 0) is 0 Å². The van der Waals surface area contributed by atoms with E-state index >= 15 is 0 Å². The molecule has 1 heterocycles. The number of carbonyl (C=O) groups excluding carboxylic acids is 1. The van der Waals surface area contributed by atoms with Gasteiger partial charge in [0.25, 0.3) is 0 Å². The number of ketones is 1. The van der Waals surface area contributed by atoms with Crippen LogP contribution in [0.1, 0.15) is 16.8 Å². The SMILES string of the molecule is O=C1CCOc2c1ccc1c2ccc2ccccc21. The first-order chi connectivity index (χ1) is 9.34. The van der Waals surface area contributed by atoms with E-state index < -0.39 is 0 Å². The topological polar surface area (TPSA) is 26.3 Å². The number of benzene rings is 3. The maximum Gasteiger partial charge on any atom is 0.170 e. The van der Waals surface area contributed by atoms with Crippen molar-refractivity contribution >= 4 is 27.3 Å². The van der Waals surface area contributed by atoms with Crippen molar-refractivity contribution in [3.8, 4) is 5.75 Å². The second-order valence-corrected chi connectivity index (χ2v) is 4.85. The van der Waals surface area contributed by atoms with Gasteiger partial charge in [-0.2, -0.15) is 0 Å². The van der Waals surface area contributed by atoms with Crippen LogP contribution in [0.2, 0.25) is 0 Å². The molecule has 0 amide bonds. The molecule has 0 spiro atoms. The first-order valence-corrected chi connectivity index (χ1v) is 6.45. The van der Waals surface area contributed by atoms with Crippen LogP contribution in [0.4, 0.5) is 0 Å². The summed E-state index contributed by atoms with van der Waals surface area (Å²) in [5.41, 5.74) is 0.717. The summed E-state index contributed by atoms with van der Waals surface area (Å²) in [6.45, 7) is 0.484. The lowest BCUT2D eigenvalue weighted by molar-refractivity contribution is 0.0935. The molecule has 0 saturated heterocycles. The normalized spacial score (nSPS) is 14.4. The lowest BCUT2D eigenvalue weighted by Gasteiger charge is -2.18. The molecule has 0 N–H and O–H groups in total. The maximum absolute atomic E-state index is 11.9. The summed E-state index contributed by atoms with van der Waals surface area (Å²) in [6, 6.07) is 16.3. The van der Waals surface area contributed by atoms with Gasteiger partial charge in [-0.25, -0.2) is 0 Å². The number of carbonyl (C=O) groups is 1. The third-order valence-electron chi connectivity index (χ3n) is 3.75. The van der Waals surface area contributed by atoms with Crippen LogP contribution >= 0.6 is 0 Å². The van der Waals surface area contributed by atoms with Crippen molar-refractivity contribution in [3.63, 3.8) is 0 Å². The average Bonchev–Trinajstić information content (AvgIpc) is 2.47. The monoisotopic (exact) mass is 248 g/mol. The number of fused-ring (bicyclic) bond motifs is 5. The van der Waals surface area contributed by atoms with E-state index in [9.17, 15) is 4.79 Å². The zero-order valence-electron chi connectivity index (χ0n) is 10.3. The van der Waals surface area contributed by atoms with Crippen molar-refractivity contribution in [2.45, 2.75) is 6.42 Å². The second kappa shape index (κ2) is 3.82. The Balaban J connectivity index is 2.16. The molecular weight excluding hydrogens is 236 g/mol. The Morgan fingerprint density at radius 1 is 0.842 bits per heavy atom. The summed E-state index contributed by atoms with van der Waals surface area (Å²) >= 11 is 0. The zero-order valence-corrected chi connectivity index (χ0v) is 10.3. The lowest BCUT2D eigenvalue weighted by Crippen LogP contribution is -2.15. The van der Waals surface area contributed by atoms with Crippen LogP contribution in [0, 0.1) is 0 Å². The number of hydrogen-bond donors (Lipinski definition) is 0. The van der Waals surface area contributed by atoms with Gasteiger partial charge >= 0.3 is 0 Å². The second-order valence-electron chi connectivity index (χ2n) is 4.85. The van der Waals surface area contributed by atoms with Crippen LogP contribution in [-0.4, -0.2) is 12.4 Å². The summed E-state index contributed by atoms with van der Waals surface area (Å²) in [4.78, 5) is 11.9. The van der Waals surface area contributed by atoms with E-state index in [0.29, 0.717) is 18.6 Å². The van der Waals surface area contributed by atoms with Gasteiger partial charge in [-0.3, -0.25) is 4.79 Å². The van der Waals surface area contributed by atoms with Crippen LogP contribution in [0.5, 0.6) is 5.75 Å². The highest BCUT2D eigenvalue weighted by Crippen LogP contribution is 2.36. The number of ether oxygens (including phenoxy) is 1. The van der Waals surface area contributed by atoms with Crippen molar-refractivity contribution in [1.29, 1.82) is 0 Å². The molecule has 2 heteroatoms. The molecule has 1 aliphatic heterocycles. The van der Waals surface area contributed by atoms with E-state index in [4.69, 9.17) is 4.74 Å². The van der Waals surface area contributed by atoms with Crippen molar-refractivity contribution in [3.05, 3.63) is 54.1 Å². The number of hydrogen-bond acceptors (Lipinski definition) is 2. The Morgan fingerprint density at radius 3 is 2.63 bits per heavy atom. The molecule has 0 saturated carbocycles. The van der Waals surface area contributed by atoms with Crippen molar-refractivity contribution in [2.75, 3.05) is 6.61 Å². The molecule has 0 radical (unpaired) electrons. The summed E-state index contributed by atoms with van der Waals surface area (Å²) in [5.74, 6) is 0.927. The minimum Gasteiger partial charge on any atom is -0.492 e. The Hall–Kier alpha value is -2.35. The standard InChI is InChI=1S/C17H12O2/c18-16-9-10-19-17-14-6-5-11-3-1-2-4-12(11)13(14)7-8-15(16)17/h1-8H,9-10H2. The van der Waals surface area contributed by atoms with Crippen molar-refractivity contribution in [2.24, 2.45) is 0 Å². The predicted octanol–water partition coefficient (Wildman–Crippen LogP) is 3.96. The summed E-state index contributed by atoms with van der Waals surface area (Å²) in [6.07, 6.45) is 0.478. The molecule has 0 fully saturated rings. The van der Waals surface area contributed by atoms with E-state index in [-0.39, 0.29) is 5.78 Å². The van der Waals surface area contributed by atoms with E-state index in [1.54, 1.807) is 0 Å². The van der Waals surface area contributed by atoms with Gasteiger partial charge in [0.2, 0.25) is 0 Å². The minimum atomic E-state index is 0.177. The van der Waals surface area contributed by atoms with Gasteiger partial charge in [0.05, 0.1) is 12.2 Å². The van der Waals surface area contributed by atoms with Crippen molar-refractivity contribution in [1.82, 2.24) is 0 Å². The molecule has 0 bridgehead atoms. The van der Waals surface area contributed by atoms with Crippen LogP contribution < -0.4 is 4.74 Å². The maximum atomic E-state index is 11.9. The smallest absolute Gasteiger partial charge is 0.170 e. The molecule has 0 aromatic heterocycles. The molecule has 3 aromatic rings. The van der Waals surface area contributed by atoms with E-state index in [2.05, 4.69) is 24.3 Å². The van der Waals surface area contributed by atoms with Gasteiger partial charge < -0.3 is 4.74 Å². The van der Waals surface area contributed by atoms with Gasteiger partial charge in [0.1, 0.15) is 5.75 Å². The molecule has 3 aromatic carbocycles. The largest absolute Gasteiger partial charge is 0.492 e. The summed E-state index contributed by atoms with van der Waals surface area (Å²) in [5, 5.41) is 4.58. The molecule has 1 aliphatic rings. The molecule has 92 valence electrons. The van der Waals surface area contributed by atoms with Gasteiger partial charge in [-0.15, -0.1) is 0 Å². The molecule has 0 unspecified atom stereocenters. The summed E-state index contributed by atoms with van der Waals surface area (Å²) < 4.78 is 5.74. The quantitative estimate of drug-likeness (QED) is 0.563. The van der Waals surface area contributed by atoms with Gasteiger partial charge in [0.15, 0.2) is 5.78 Å². The molecule has 2 nitrogen and oxygen atoms in total. The molecule has 0 atom stereocenters. The van der Waals surface area contributed by atoms with Crippen molar-refractivity contribution < 1.29 is 9.53 Å². The highest BCUT2D eigenvalue weighted by Gasteiger charge is 2.20. The fourth-order valence-electron chi connectivity index (χ4n) is 2.82. The Bertz CT molecular complexity index is 818. The first-order valence-electron chi connectivity index (χ1n) is 6.45. The van der Waals surface area contributed by atoms with E-state index in [0.717, 1.165) is 16.5 Å². The van der Waals surface area contributed by atoms with Gasteiger partial charge in [-0.05, 0) is 28.3 Å². The average molecular weight is 248 g/mol. The number of Topliss-reactive ketones (excluding diaryl/α,β-unsaturated/α-hetero) is 1. The predicted molar refractivity (Wildman–Crippen MR) is 75.9 cm³/mol. The van der Waals surface area contributed by atoms with Gasteiger partial charge in [0, 0.05) is 11.8 Å². The van der Waals surface area contributed by atoms with Crippen LogP contribution in [0.15, 0.2) is 48.5 Å².